The van der Waals surface area contributed by atoms with Crippen molar-refractivity contribution in [3.8, 4) is 0 Å². The van der Waals surface area contributed by atoms with Crippen LogP contribution < -0.4 is 10.6 Å². The van der Waals surface area contributed by atoms with Gasteiger partial charge in [0.2, 0.25) is 23.6 Å². The van der Waals surface area contributed by atoms with Crippen LogP contribution in [-0.2, 0) is 24.0 Å². The van der Waals surface area contributed by atoms with Crippen LogP contribution in [0.15, 0.2) is 0 Å². The van der Waals surface area contributed by atoms with Crippen molar-refractivity contribution in [3.63, 3.8) is 0 Å². The molecule has 4 amide bonds. The van der Waals surface area contributed by atoms with Gasteiger partial charge < -0.3 is 9.90 Å². The molecule has 3 fully saturated rings. The van der Waals surface area contributed by atoms with Gasteiger partial charge in [0.25, 0.3) is 0 Å². The van der Waals surface area contributed by atoms with Crippen molar-refractivity contribution < 1.29 is 29.1 Å². The maximum absolute atomic E-state index is 13.4. The van der Waals surface area contributed by atoms with E-state index in [0.29, 0.717) is 19.3 Å². The second-order valence-electron chi connectivity index (χ2n) is 14.1. The van der Waals surface area contributed by atoms with Crippen LogP contribution >= 0.6 is 0 Å². The minimum Gasteiger partial charge on any atom is -0.396 e. The standard InChI is InChI=1S/C33H54N2O6/c1-7-24-22(16-36)14-26(32(40)34-28(38)11-18(3)4)30(24)20-9-10-21(13-20)31-25(8-2)23(17-37)15-27(31)33(41)35-29(39)12-19(5)6/h16,18-27,30-31,37H,7-15,17H2,1-6H3,(H,34,38,40)(H,35,39,41)/t20?,21?,22-,23+,24+,25-,26-,27+,30?,31?/m1/s1. The lowest BCUT2D eigenvalue weighted by Crippen LogP contribution is -2.40. The molecule has 8 heteroatoms. The van der Waals surface area contributed by atoms with Gasteiger partial charge in [0.05, 0.1) is 0 Å². The van der Waals surface area contributed by atoms with E-state index in [0.717, 1.165) is 38.4 Å². The molecule has 3 aliphatic carbocycles. The predicted molar refractivity (Wildman–Crippen MR) is 157 cm³/mol. The van der Waals surface area contributed by atoms with Gasteiger partial charge in [-0.15, -0.1) is 0 Å². The molecule has 232 valence electrons. The summed E-state index contributed by atoms with van der Waals surface area (Å²) in [6.45, 7) is 12.0. The number of carbonyl (C=O) groups is 5. The van der Waals surface area contributed by atoms with Crippen LogP contribution in [-0.4, -0.2) is 41.6 Å². The molecular formula is C33H54N2O6. The first-order valence-electron chi connectivity index (χ1n) is 16.2. The minimum atomic E-state index is -0.376. The molecule has 8 nitrogen and oxygen atoms in total. The summed E-state index contributed by atoms with van der Waals surface area (Å²) < 4.78 is 0. The molecule has 0 spiro atoms. The normalized spacial score (nSPS) is 35.1. The van der Waals surface area contributed by atoms with Gasteiger partial charge >= 0.3 is 0 Å². The van der Waals surface area contributed by atoms with E-state index in [1.54, 1.807) is 0 Å². The van der Waals surface area contributed by atoms with Crippen LogP contribution in [0.1, 0.15) is 99.3 Å². The van der Waals surface area contributed by atoms with Crippen LogP contribution in [0.25, 0.3) is 0 Å². The average molecular weight is 575 g/mol. The van der Waals surface area contributed by atoms with E-state index < -0.39 is 0 Å². The molecule has 3 N–H and O–H groups in total. The Morgan fingerprint density at radius 3 is 1.63 bits per heavy atom. The number of imide groups is 2. The number of hydrogen-bond donors (Lipinski definition) is 3. The molecule has 4 unspecified atom stereocenters. The first-order valence-corrected chi connectivity index (χ1v) is 16.2. The van der Waals surface area contributed by atoms with Gasteiger partial charge in [-0.3, -0.25) is 29.8 Å². The van der Waals surface area contributed by atoms with Gasteiger partial charge in [-0.1, -0.05) is 54.4 Å². The van der Waals surface area contributed by atoms with E-state index >= 15 is 0 Å². The largest absolute Gasteiger partial charge is 0.396 e. The third-order valence-electron chi connectivity index (χ3n) is 10.5. The fourth-order valence-corrected chi connectivity index (χ4v) is 9.00. The summed E-state index contributed by atoms with van der Waals surface area (Å²) in [5.74, 6) is -0.686. The Balaban J connectivity index is 1.82. The van der Waals surface area contributed by atoms with Gasteiger partial charge in [-0.2, -0.15) is 0 Å². The maximum atomic E-state index is 13.4. The molecule has 3 saturated carbocycles. The van der Waals surface area contributed by atoms with Crippen molar-refractivity contribution >= 4 is 29.9 Å². The highest BCUT2D eigenvalue weighted by molar-refractivity contribution is 5.97. The first-order chi connectivity index (χ1) is 19.4. The lowest BCUT2D eigenvalue weighted by molar-refractivity contribution is -0.135. The van der Waals surface area contributed by atoms with Crippen LogP contribution in [0, 0.1) is 71.0 Å². The molecule has 0 saturated heterocycles. The minimum absolute atomic E-state index is 0.0158. The topological polar surface area (TPSA) is 130 Å². The number of aldehydes is 1. The molecule has 0 aromatic carbocycles. The van der Waals surface area contributed by atoms with E-state index in [-0.39, 0.29) is 108 Å². The van der Waals surface area contributed by atoms with Gasteiger partial charge in [0.15, 0.2) is 0 Å². The fraction of sp³-hybridized carbons (Fsp3) is 0.848. The quantitative estimate of drug-likeness (QED) is 0.294. The summed E-state index contributed by atoms with van der Waals surface area (Å²) in [5.41, 5.74) is 0. The molecule has 0 heterocycles. The molecule has 0 aliphatic heterocycles. The second kappa shape index (κ2) is 14.9. The monoisotopic (exact) mass is 574 g/mol. The van der Waals surface area contributed by atoms with E-state index in [4.69, 9.17) is 0 Å². The lowest BCUT2D eigenvalue weighted by atomic mass is 9.72. The van der Waals surface area contributed by atoms with Crippen LogP contribution in [0.2, 0.25) is 0 Å². The number of amides is 4. The molecule has 0 bridgehead atoms. The molecular weight excluding hydrogens is 520 g/mol. The Labute approximate surface area is 246 Å². The summed E-state index contributed by atoms with van der Waals surface area (Å²) in [4.78, 5) is 63.8. The smallest absolute Gasteiger partial charge is 0.229 e. The van der Waals surface area contributed by atoms with Gasteiger partial charge in [-0.25, -0.2) is 0 Å². The molecule has 3 rings (SSSR count). The van der Waals surface area contributed by atoms with E-state index in [1.165, 1.54) is 0 Å². The summed E-state index contributed by atoms with van der Waals surface area (Å²) in [6.07, 6.45) is 7.01. The number of carbonyl (C=O) groups excluding carboxylic acids is 5. The average Bonchev–Trinajstić information content (AvgIpc) is 3.61. The Kier molecular flexibility index (Phi) is 12.1. The van der Waals surface area contributed by atoms with Crippen molar-refractivity contribution in [3.05, 3.63) is 0 Å². The van der Waals surface area contributed by atoms with Crippen molar-refractivity contribution in [1.29, 1.82) is 0 Å². The molecule has 0 radical (unpaired) electrons. The number of rotatable bonds is 12. The third-order valence-corrected chi connectivity index (χ3v) is 10.5. The maximum Gasteiger partial charge on any atom is 0.229 e. The highest BCUT2D eigenvalue weighted by atomic mass is 16.3. The van der Waals surface area contributed by atoms with E-state index in [1.807, 2.05) is 27.7 Å². The Morgan fingerprint density at radius 2 is 1.22 bits per heavy atom. The second-order valence-corrected chi connectivity index (χ2v) is 14.1. The number of hydrogen-bond acceptors (Lipinski definition) is 6. The van der Waals surface area contributed by atoms with Crippen molar-refractivity contribution in [2.75, 3.05) is 6.61 Å². The molecule has 10 atom stereocenters. The number of aliphatic hydroxyl groups excluding tert-OH is 1. The van der Waals surface area contributed by atoms with Crippen LogP contribution in [0.4, 0.5) is 0 Å². The summed E-state index contributed by atoms with van der Waals surface area (Å²) in [5, 5.41) is 15.5. The number of nitrogens with one attached hydrogen (secondary N) is 2. The Hall–Kier alpha value is -2.09. The number of aliphatic hydroxyl groups is 1. The summed E-state index contributed by atoms with van der Waals surface area (Å²) >= 11 is 0. The summed E-state index contributed by atoms with van der Waals surface area (Å²) in [7, 11) is 0. The van der Waals surface area contributed by atoms with Crippen molar-refractivity contribution in [2.45, 2.75) is 99.3 Å². The zero-order valence-corrected chi connectivity index (χ0v) is 26.1. The molecule has 3 aliphatic rings. The fourth-order valence-electron chi connectivity index (χ4n) is 9.00. The third kappa shape index (κ3) is 7.85. The van der Waals surface area contributed by atoms with E-state index in [9.17, 15) is 29.1 Å². The van der Waals surface area contributed by atoms with Crippen molar-refractivity contribution in [1.82, 2.24) is 10.6 Å². The Morgan fingerprint density at radius 1 is 0.756 bits per heavy atom. The summed E-state index contributed by atoms with van der Waals surface area (Å²) in [6, 6.07) is 0. The molecule has 0 aromatic heterocycles. The van der Waals surface area contributed by atoms with Gasteiger partial charge in [0, 0.05) is 37.2 Å². The molecule has 0 aromatic rings. The zero-order valence-electron chi connectivity index (χ0n) is 26.1. The molecule has 41 heavy (non-hydrogen) atoms. The van der Waals surface area contributed by atoms with Crippen LogP contribution in [0.3, 0.4) is 0 Å². The SMILES string of the molecule is CC[C@@H]1C(C2CCC(C3[C@@H](C(=O)NC(=O)CC(C)C)C[C@@H](CO)[C@H]3CC)C2)[C@H](C(=O)NC(=O)CC(C)C)C[C@@H]1C=O. The van der Waals surface area contributed by atoms with Gasteiger partial charge in [-0.05, 0) is 85.4 Å². The van der Waals surface area contributed by atoms with Gasteiger partial charge in [0.1, 0.15) is 6.29 Å². The highest BCUT2D eigenvalue weighted by Gasteiger charge is 2.54. The zero-order chi connectivity index (χ0) is 30.4. The highest BCUT2D eigenvalue weighted by Crippen LogP contribution is 2.57. The van der Waals surface area contributed by atoms with Crippen molar-refractivity contribution in [2.24, 2.45) is 71.0 Å². The Bertz CT molecular complexity index is 948. The lowest BCUT2D eigenvalue weighted by Gasteiger charge is -2.33. The predicted octanol–water partition coefficient (Wildman–Crippen LogP) is 4.53. The van der Waals surface area contributed by atoms with E-state index in [2.05, 4.69) is 24.5 Å². The van der Waals surface area contributed by atoms with Crippen LogP contribution in [0.5, 0.6) is 0 Å². The first kappa shape index (κ1) is 33.4.